The standard InChI is InChI=1S/C15H12N4O5S/c20-14(17-15(25)16-9-10-4-2-1-3-5-10)11-6-12(18(21)22)8-13(7-11)19(23)24/h1-8H,9H2,(H2,16,17,20,25). The number of nitro benzene ring substituents is 2. The monoisotopic (exact) mass is 360 g/mol. The summed E-state index contributed by atoms with van der Waals surface area (Å²) in [6.07, 6.45) is 0. The van der Waals surface area contributed by atoms with Crippen LogP contribution in [-0.4, -0.2) is 20.9 Å². The Bertz CT molecular complexity index is 809. The molecular formula is C15H12N4O5S. The molecule has 0 aromatic heterocycles. The number of benzene rings is 2. The van der Waals surface area contributed by atoms with E-state index in [4.69, 9.17) is 12.2 Å². The lowest BCUT2D eigenvalue weighted by Crippen LogP contribution is -2.38. The van der Waals surface area contributed by atoms with E-state index in [1.165, 1.54) is 0 Å². The van der Waals surface area contributed by atoms with Crippen LogP contribution in [-0.2, 0) is 6.54 Å². The fourth-order valence-electron chi connectivity index (χ4n) is 1.93. The van der Waals surface area contributed by atoms with E-state index in [0.29, 0.717) is 6.54 Å². The van der Waals surface area contributed by atoms with Gasteiger partial charge in [0.2, 0.25) is 0 Å². The number of nitrogens with one attached hydrogen (secondary N) is 2. The van der Waals surface area contributed by atoms with Crippen molar-refractivity contribution >= 4 is 34.6 Å². The smallest absolute Gasteiger partial charge is 0.277 e. The van der Waals surface area contributed by atoms with Crippen LogP contribution in [0.25, 0.3) is 0 Å². The SMILES string of the molecule is O=C(NC(=S)NCc1ccccc1)c1cc([N+](=O)[O-])cc([N+](=O)[O-])c1. The maximum Gasteiger partial charge on any atom is 0.277 e. The quantitative estimate of drug-likeness (QED) is 0.476. The van der Waals surface area contributed by atoms with Gasteiger partial charge in [0.1, 0.15) is 0 Å². The van der Waals surface area contributed by atoms with Gasteiger partial charge >= 0.3 is 0 Å². The highest BCUT2D eigenvalue weighted by atomic mass is 32.1. The third-order valence-corrected chi connectivity index (χ3v) is 3.36. The first kappa shape index (κ1) is 17.9. The van der Waals surface area contributed by atoms with Crippen molar-refractivity contribution in [3.05, 3.63) is 79.9 Å². The van der Waals surface area contributed by atoms with E-state index >= 15 is 0 Å². The molecule has 0 fully saturated rings. The Kier molecular flexibility index (Phi) is 5.69. The van der Waals surface area contributed by atoms with Crippen LogP contribution >= 0.6 is 12.2 Å². The lowest BCUT2D eigenvalue weighted by Gasteiger charge is -2.09. The molecule has 0 saturated carbocycles. The van der Waals surface area contributed by atoms with Crippen LogP contribution < -0.4 is 10.6 Å². The molecule has 0 spiro atoms. The third kappa shape index (κ3) is 5.04. The van der Waals surface area contributed by atoms with Gasteiger partial charge in [-0.25, -0.2) is 0 Å². The Balaban J connectivity index is 2.08. The second-order valence-electron chi connectivity index (χ2n) is 4.87. The molecule has 0 aliphatic rings. The summed E-state index contributed by atoms with van der Waals surface area (Å²) in [6, 6.07) is 12.0. The predicted octanol–water partition coefficient (Wildman–Crippen LogP) is 2.31. The Morgan fingerprint density at radius 1 is 1.00 bits per heavy atom. The molecule has 0 saturated heterocycles. The zero-order valence-electron chi connectivity index (χ0n) is 12.7. The summed E-state index contributed by atoms with van der Waals surface area (Å²) < 4.78 is 0. The number of hydrogen-bond donors (Lipinski definition) is 2. The number of rotatable bonds is 5. The Labute approximate surface area is 147 Å². The molecule has 0 unspecified atom stereocenters. The van der Waals surface area contributed by atoms with E-state index < -0.39 is 27.1 Å². The summed E-state index contributed by atoms with van der Waals surface area (Å²) >= 11 is 4.99. The van der Waals surface area contributed by atoms with Gasteiger partial charge in [-0.3, -0.25) is 30.3 Å². The molecule has 10 heteroatoms. The van der Waals surface area contributed by atoms with E-state index in [1.54, 1.807) is 0 Å². The molecule has 128 valence electrons. The lowest BCUT2D eigenvalue weighted by molar-refractivity contribution is -0.394. The number of thiocarbonyl (C=S) groups is 1. The molecule has 2 N–H and O–H groups in total. The normalized spacial score (nSPS) is 9.92. The highest BCUT2D eigenvalue weighted by molar-refractivity contribution is 7.80. The van der Waals surface area contributed by atoms with Crippen LogP contribution in [0.3, 0.4) is 0 Å². The molecular weight excluding hydrogens is 348 g/mol. The average molecular weight is 360 g/mol. The van der Waals surface area contributed by atoms with Crippen LogP contribution in [0.4, 0.5) is 11.4 Å². The van der Waals surface area contributed by atoms with Crippen LogP contribution in [0.1, 0.15) is 15.9 Å². The topological polar surface area (TPSA) is 127 Å². The van der Waals surface area contributed by atoms with Crippen LogP contribution in [0.5, 0.6) is 0 Å². The molecule has 0 atom stereocenters. The number of carbonyl (C=O) groups is 1. The minimum atomic E-state index is -0.810. The Morgan fingerprint density at radius 3 is 2.08 bits per heavy atom. The van der Waals surface area contributed by atoms with E-state index in [-0.39, 0.29) is 10.7 Å². The van der Waals surface area contributed by atoms with E-state index in [1.807, 2.05) is 30.3 Å². The zero-order valence-corrected chi connectivity index (χ0v) is 13.5. The van der Waals surface area contributed by atoms with Crippen molar-refractivity contribution in [2.45, 2.75) is 6.54 Å². The molecule has 2 rings (SSSR count). The summed E-state index contributed by atoms with van der Waals surface area (Å²) in [5.41, 5.74) is -0.403. The van der Waals surface area contributed by atoms with Gasteiger partial charge in [-0.1, -0.05) is 30.3 Å². The van der Waals surface area contributed by atoms with Crippen molar-refractivity contribution in [3.8, 4) is 0 Å². The molecule has 0 radical (unpaired) electrons. The zero-order chi connectivity index (χ0) is 18.4. The largest absolute Gasteiger partial charge is 0.358 e. The molecule has 0 aliphatic carbocycles. The number of hydrogen-bond acceptors (Lipinski definition) is 6. The van der Waals surface area contributed by atoms with Crippen molar-refractivity contribution in [2.24, 2.45) is 0 Å². The van der Waals surface area contributed by atoms with Gasteiger partial charge in [0.25, 0.3) is 17.3 Å². The number of non-ortho nitro benzene ring substituents is 2. The van der Waals surface area contributed by atoms with Crippen molar-refractivity contribution < 1.29 is 14.6 Å². The fourth-order valence-corrected chi connectivity index (χ4v) is 2.10. The maximum atomic E-state index is 12.1. The minimum absolute atomic E-state index is 0.00279. The molecule has 1 amide bonds. The fraction of sp³-hybridized carbons (Fsp3) is 0.0667. The van der Waals surface area contributed by atoms with Gasteiger partial charge in [-0.2, -0.15) is 0 Å². The Hall–Kier alpha value is -3.40. The van der Waals surface area contributed by atoms with Crippen molar-refractivity contribution in [1.82, 2.24) is 10.6 Å². The van der Waals surface area contributed by atoms with Crippen LogP contribution in [0.2, 0.25) is 0 Å². The summed E-state index contributed by atoms with van der Waals surface area (Å²) in [5.74, 6) is -0.780. The number of nitrogens with zero attached hydrogens (tertiary/aromatic N) is 2. The van der Waals surface area contributed by atoms with Crippen molar-refractivity contribution in [2.75, 3.05) is 0 Å². The van der Waals surface area contributed by atoms with Crippen molar-refractivity contribution in [1.29, 1.82) is 0 Å². The second-order valence-corrected chi connectivity index (χ2v) is 5.28. The van der Waals surface area contributed by atoms with Gasteiger partial charge in [0.15, 0.2) is 5.11 Å². The predicted molar refractivity (Wildman–Crippen MR) is 93.1 cm³/mol. The van der Waals surface area contributed by atoms with Crippen LogP contribution in [0.15, 0.2) is 48.5 Å². The number of nitro groups is 2. The summed E-state index contributed by atoms with van der Waals surface area (Å²) in [7, 11) is 0. The first-order valence-electron chi connectivity index (χ1n) is 6.94. The van der Waals surface area contributed by atoms with Gasteiger partial charge in [-0.15, -0.1) is 0 Å². The van der Waals surface area contributed by atoms with Gasteiger partial charge in [-0.05, 0) is 17.8 Å². The molecule has 2 aromatic carbocycles. The van der Waals surface area contributed by atoms with E-state index in [2.05, 4.69) is 10.6 Å². The molecule has 0 aliphatic heterocycles. The highest BCUT2D eigenvalue weighted by Gasteiger charge is 2.20. The van der Waals surface area contributed by atoms with Gasteiger partial charge < -0.3 is 5.32 Å². The van der Waals surface area contributed by atoms with Crippen molar-refractivity contribution in [3.63, 3.8) is 0 Å². The number of carbonyl (C=O) groups excluding carboxylic acids is 1. The van der Waals surface area contributed by atoms with E-state index in [9.17, 15) is 25.0 Å². The van der Waals surface area contributed by atoms with Crippen LogP contribution in [0, 0.1) is 20.2 Å². The molecule has 2 aromatic rings. The molecule has 9 nitrogen and oxygen atoms in total. The molecule has 0 heterocycles. The maximum absolute atomic E-state index is 12.1. The second kappa shape index (κ2) is 7.93. The molecule has 25 heavy (non-hydrogen) atoms. The highest BCUT2D eigenvalue weighted by Crippen LogP contribution is 2.22. The summed E-state index contributed by atoms with van der Waals surface area (Å²) in [6.45, 7) is 0.370. The average Bonchev–Trinajstić information content (AvgIpc) is 2.60. The summed E-state index contributed by atoms with van der Waals surface area (Å²) in [5, 5.41) is 26.8. The molecule has 0 bridgehead atoms. The van der Waals surface area contributed by atoms with E-state index in [0.717, 1.165) is 23.8 Å². The van der Waals surface area contributed by atoms with Gasteiger partial charge in [0.05, 0.1) is 21.5 Å². The minimum Gasteiger partial charge on any atom is -0.358 e. The third-order valence-electron chi connectivity index (χ3n) is 3.11. The van der Waals surface area contributed by atoms with Gasteiger partial charge in [0, 0.05) is 18.7 Å². The first-order chi connectivity index (χ1) is 11.9. The first-order valence-corrected chi connectivity index (χ1v) is 7.34. The number of amides is 1. The lowest BCUT2D eigenvalue weighted by atomic mass is 10.1. The summed E-state index contributed by atoms with van der Waals surface area (Å²) in [4.78, 5) is 32.2. The Morgan fingerprint density at radius 2 is 1.56 bits per heavy atom.